The van der Waals surface area contributed by atoms with Crippen molar-refractivity contribution in [1.82, 2.24) is 9.55 Å². The van der Waals surface area contributed by atoms with E-state index in [0.717, 1.165) is 29.5 Å². The molecule has 3 rings (SSSR count). The van der Waals surface area contributed by atoms with Gasteiger partial charge in [-0.15, -0.1) is 11.3 Å². The van der Waals surface area contributed by atoms with Gasteiger partial charge in [0.1, 0.15) is 10.6 Å². The Morgan fingerprint density at radius 1 is 1.41 bits per heavy atom. The van der Waals surface area contributed by atoms with E-state index in [1.165, 1.54) is 28.6 Å². The molecule has 0 amide bonds. The molecule has 1 atom stereocenters. The van der Waals surface area contributed by atoms with Crippen LogP contribution >= 0.6 is 23.1 Å². The number of carbonyl (C=O) groups is 1. The van der Waals surface area contributed by atoms with Gasteiger partial charge in [0, 0.05) is 18.3 Å². The summed E-state index contributed by atoms with van der Waals surface area (Å²) in [5.74, 6) is 0.185. The molecule has 1 unspecified atom stereocenters. The van der Waals surface area contributed by atoms with Crippen LogP contribution in [0.4, 0.5) is 0 Å². The van der Waals surface area contributed by atoms with E-state index in [2.05, 4.69) is 4.98 Å². The molecular weight excluding hydrogens is 316 g/mol. The van der Waals surface area contributed by atoms with Crippen molar-refractivity contribution in [2.24, 2.45) is 7.05 Å². The van der Waals surface area contributed by atoms with Crippen LogP contribution in [-0.4, -0.2) is 20.6 Å². The maximum absolute atomic E-state index is 12.7. The number of fused-ring (bicyclic) bond motifs is 3. The molecule has 118 valence electrons. The van der Waals surface area contributed by atoms with Gasteiger partial charge in [0.05, 0.1) is 10.6 Å². The third kappa shape index (κ3) is 2.63. The fourth-order valence-electron chi connectivity index (χ4n) is 2.88. The van der Waals surface area contributed by atoms with Gasteiger partial charge < -0.3 is 0 Å². The lowest BCUT2D eigenvalue weighted by Crippen LogP contribution is -2.22. The highest BCUT2D eigenvalue weighted by molar-refractivity contribution is 8.00. The van der Waals surface area contributed by atoms with Crippen molar-refractivity contribution in [2.45, 2.75) is 56.4 Å². The first kappa shape index (κ1) is 15.7. The molecule has 2 aromatic rings. The SMILES string of the molecule is CCC(=O)C(C)Sc1nc2sc3c(c2c(=O)n1C)CCCC3. The lowest BCUT2D eigenvalue weighted by molar-refractivity contribution is -0.118. The van der Waals surface area contributed by atoms with E-state index in [-0.39, 0.29) is 16.6 Å². The van der Waals surface area contributed by atoms with E-state index in [1.807, 2.05) is 13.8 Å². The first-order valence-electron chi connectivity index (χ1n) is 7.73. The minimum atomic E-state index is -0.171. The fourth-order valence-corrected chi connectivity index (χ4v) is 5.19. The molecule has 0 saturated heterocycles. The Morgan fingerprint density at radius 2 is 2.14 bits per heavy atom. The highest BCUT2D eigenvalue weighted by atomic mass is 32.2. The minimum absolute atomic E-state index is 0.0306. The van der Waals surface area contributed by atoms with E-state index < -0.39 is 0 Å². The molecule has 0 N–H and O–H groups in total. The first-order chi connectivity index (χ1) is 10.5. The standard InChI is InChI=1S/C16H20N2O2S2/c1-4-11(19)9(2)21-16-17-14-13(15(20)18(16)3)10-7-5-6-8-12(10)22-14/h9H,4-8H2,1-3H3. The van der Waals surface area contributed by atoms with Gasteiger partial charge in [0.15, 0.2) is 5.16 Å². The Hall–Kier alpha value is -1.14. The number of ketones is 1. The molecule has 0 fully saturated rings. The zero-order chi connectivity index (χ0) is 15.9. The van der Waals surface area contributed by atoms with Crippen LogP contribution in [0.5, 0.6) is 0 Å². The molecule has 0 saturated carbocycles. The monoisotopic (exact) mass is 336 g/mol. The van der Waals surface area contributed by atoms with Gasteiger partial charge in [0.25, 0.3) is 5.56 Å². The lowest BCUT2D eigenvalue weighted by atomic mass is 9.97. The highest BCUT2D eigenvalue weighted by Gasteiger charge is 2.22. The van der Waals surface area contributed by atoms with Crippen LogP contribution in [0.15, 0.2) is 9.95 Å². The maximum atomic E-state index is 12.7. The second-order valence-electron chi connectivity index (χ2n) is 5.73. The molecule has 0 aliphatic heterocycles. The summed E-state index contributed by atoms with van der Waals surface area (Å²) >= 11 is 3.04. The maximum Gasteiger partial charge on any atom is 0.262 e. The Kier molecular flexibility index (Phi) is 4.41. The summed E-state index contributed by atoms with van der Waals surface area (Å²) in [6, 6.07) is 0. The molecular formula is C16H20N2O2S2. The molecule has 1 aliphatic rings. The van der Waals surface area contributed by atoms with E-state index in [9.17, 15) is 9.59 Å². The van der Waals surface area contributed by atoms with E-state index in [4.69, 9.17) is 0 Å². The zero-order valence-electron chi connectivity index (χ0n) is 13.1. The van der Waals surface area contributed by atoms with Crippen LogP contribution in [-0.2, 0) is 24.7 Å². The topological polar surface area (TPSA) is 52.0 Å². The Bertz CT molecular complexity index is 792. The number of thiophene rings is 1. The Balaban J connectivity index is 2.08. The van der Waals surface area contributed by atoms with Gasteiger partial charge >= 0.3 is 0 Å². The molecule has 0 spiro atoms. The minimum Gasteiger partial charge on any atom is -0.298 e. The number of thioether (sulfide) groups is 1. The summed E-state index contributed by atoms with van der Waals surface area (Å²) in [6.07, 6.45) is 4.91. The molecule has 2 heterocycles. The molecule has 1 aliphatic carbocycles. The van der Waals surface area contributed by atoms with Gasteiger partial charge in [-0.1, -0.05) is 18.7 Å². The number of rotatable bonds is 4. The highest BCUT2D eigenvalue weighted by Crippen LogP contribution is 2.35. The largest absolute Gasteiger partial charge is 0.298 e. The van der Waals surface area contributed by atoms with E-state index in [0.29, 0.717) is 11.6 Å². The molecule has 4 nitrogen and oxygen atoms in total. The lowest BCUT2D eigenvalue weighted by Gasteiger charge is -2.12. The average Bonchev–Trinajstić information content (AvgIpc) is 2.89. The van der Waals surface area contributed by atoms with Crippen molar-refractivity contribution in [1.29, 1.82) is 0 Å². The number of nitrogens with zero attached hydrogens (tertiary/aromatic N) is 2. The smallest absolute Gasteiger partial charge is 0.262 e. The molecule has 6 heteroatoms. The van der Waals surface area contributed by atoms with Crippen LogP contribution in [0.25, 0.3) is 10.2 Å². The van der Waals surface area contributed by atoms with Crippen molar-refractivity contribution < 1.29 is 4.79 Å². The molecule has 0 bridgehead atoms. The molecule has 0 radical (unpaired) electrons. The summed E-state index contributed by atoms with van der Waals surface area (Å²) in [4.78, 5) is 31.4. The van der Waals surface area contributed by atoms with Gasteiger partial charge in [0.2, 0.25) is 0 Å². The number of carbonyl (C=O) groups excluding carboxylic acids is 1. The third-order valence-electron chi connectivity index (χ3n) is 4.24. The summed E-state index contributed by atoms with van der Waals surface area (Å²) in [5.41, 5.74) is 1.25. The van der Waals surface area contributed by atoms with Gasteiger partial charge in [-0.25, -0.2) is 4.98 Å². The van der Waals surface area contributed by atoms with Gasteiger partial charge in [-0.2, -0.15) is 0 Å². The third-order valence-corrected chi connectivity index (χ3v) is 6.62. The van der Waals surface area contributed by atoms with E-state index >= 15 is 0 Å². The van der Waals surface area contributed by atoms with Crippen molar-refractivity contribution in [2.75, 3.05) is 0 Å². The number of aryl methyl sites for hydroxylation is 2. The normalized spacial score (nSPS) is 15.8. The Labute approximate surface area is 137 Å². The predicted octanol–water partition coefficient (Wildman–Crippen LogP) is 3.33. The van der Waals surface area contributed by atoms with Crippen molar-refractivity contribution in [3.63, 3.8) is 0 Å². The summed E-state index contributed by atoms with van der Waals surface area (Å²) in [7, 11) is 1.76. The van der Waals surface area contributed by atoms with Gasteiger partial charge in [-0.05, 0) is 38.2 Å². The van der Waals surface area contributed by atoms with E-state index in [1.54, 1.807) is 23.0 Å². The van der Waals surface area contributed by atoms with Crippen molar-refractivity contribution in [3.05, 3.63) is 20.8 Å². The first-order valence-corrected chi connectivity index (χ1v) is 9.43. The summed E-state index contributed by atoms with van der Waals surface area (Å²) < 4.78 is 1.61. The molecule has 22 heavy (non-hydrogen) atoms. The summed E-state index contributed by atoms with van der Waals surface area (Å²) in [5, 5.41) is 1.28. The molecule has 0 aromatic carbocycles. The summed E-state index contributed by atoms with van der Waals surface area (Å²) in [6.45, 7) is 3.74. The van der Waals surface area contributed by atoms with Crippen LogP contribution in [0, 0.1) is 0 Å². The second-order valence-corrected chi connectivity index (χ2v) is 8.12. The predicted molar refractivity (Wildman–Crippen MR) is 92.1 cm³/mol. The van der Waals surface area contributed by atoms with Crippen LogP contribution in [0.2, 0.25) is 0 Å². The van der Waals surface area contributed by atoms with Crippen LogP contribution in [0.1, 0.15) is 43.6 Å². The average molecular weight is 336 g/mol. The number of aromatic nitrogens is 2. The van der Waals surface area contributed by atoms with Crippen LogP contribution < -0.4 is 5.56 Å². The second kappa shape index (κ2) is 6.16. The fraction of sp³-hybridized carbons (Fsp3) is 0.562. The molecule has 2 aromatic heterocycles. The number of Topliss-reactive ketones (excluding diaryl/α,β-unsaturated/α-hetero) is 1. The van der Waals surface area contributed by atoms with Gasteiger partial charge in [-0.3, -0.25) is 14.2 Å². The Morgan fingerprint density at radius 3 is 2.86 bits per heavy atom. The number of hydrogen-bond acceptors (Lipinski definition) is 5. The zero-order valence-corrected chi connectivity index (χ0v) is 14.8. The van der Waals surface area contributed by atoms with Crippen LogP contribution in [0.3, 0.4) is 0 Å². The van der Waals surface area contributed by atoms with Crippen molar-refractivity contribution >= 4 is 39.1 Å². The quantitative estimate of drug-likeness (QED) is 0.635. The van der Waals surface area contributed by atoms with Crippen molar-refractivity contribution in [3.8, 4) is 0 Å². The number of hydrogen-bond donors (Lipinski definition) is 0.